The van der Waals surface area contributed by atoms with Gasteiger partial charge in [0.15, 0.2) is 5.65 Å². The van der Waals surface area contributed by atoms with E-state index >= 15 is 0 Å². The molecule has 0 radical (unpaired) electrons. The van der Waals surface area contributed by atoms with Crippen molar-refractivity contribution in [2.24, 2.45) is 5.73 Å². The number of pyridine rings is 1. The minimum Gasteiger partial charge on any atom is -0.491 e. The third-order valence-electron chi connectivity index (χ3n) is 7.08. The normalized spacial score (nSPS) is 11.9. The molecule has 0 fully saturated rings. The molecule has 216 valence electrons. The lowest BCUT2D eigenvalue weighted by molar-refractivity contribution is 0.100. The number of amides is 1. The average molecular weight is 567 g/mol. The van der Waals surface area contributed by atoms with E-state index in [0.29, 0.717) is 35.0 Å². The number of carbonyl (C=O) groups is 1. The van der Waals surface area contributed by atoms with Gasteiger partial charge in [-0.2, -0.15) is 0 Å². The summed E-state index contributed by atoms with van der Waals surface area (Å²) in [6.07, 6.45) is 2.17. The number of aromatic nitrogens is 3. The molecule has 2 aromatic heterocycles. The third kappa shape index (κ3) is 6.26. The quantitative estimate of drug-likeness (QED) is 0.124. The lowest BCUT2D eigenvalue weighted by Gasteiger charge is -2.20. The molecule has 0 spiro atoms. The van der Waals surface area contributed by atoms with Gasteiger partial charge in [-0.3, -0.25) is 4.79 Å². The molecule has 7 N–H and O–H groups in total. The van der Waals surface area contributed by atoms with E-state index in [9.17, 15) is 9.90 Å². The number of fused-ring (bicyclic) bond motifs is 1. The van der Waals surface area contributed by atoms with Crippen molar-refractivity contribution in [1.29, 1.82) is 0 Å². The lowest BCUT2D eigenvalue weighted by Crippen LogP contribution is -2.24. The molecular formula is C32H34N6O4. The van der Waals surface area contributed by atoms with Crippen molar-refractivity contribution in [3.05, 3.63) is 101 Å². The number of nitrogens with zero attached hydrogens (tertiary/aromatic N) is 2. The van der Waals surface area contributed by atoms with E-state index in [1.807, 2.05) is 54.6 Å². The van der Waals surface area contributed by atoms with Crippen LogP contribution in [0.3, 0.4) is 0 Å². The highest BCUT2D eigenvalue weighted by molar-refractivity contribution is 6.06. The first-order chi connectivity index (χ1) is 20.5. The maximum atomic E-state index is 12.5. The monoisotopic (exact) mass is 566 g/mol. The van der Waals surface area contributed by atoms with E-state index in [4.69, 9.17) is 15.6 Å². The Balaban J connectivity index is 1.46. The Bertz CT molecular complexity index is 1650. The van der Waals surface area contributed by atoms with Gasteiger partial charge in [0.1, 0.15) is 23.7 Å². The largest absolute Gasteiger partial charge is 0.491 e. The molecule has 0 bridgehead atoms. The van der Waals surface area contributed by atoms with Crippen LogP contribution in [0, 0.1) is 0 Å². The summed E-state index contributed by atoms with van der Waals surface area (Å²) in [7, 11) is 0. The Morgan fingerprint density at radius 3 is 2.52 bits per heavy atom. The highest BCUT2D eigenvalue weighted by atomic mass is 16.5. The van der Waals surface area contributed by atoms with Gasteiger partial charge in [-0.05, 0) is 53.4 Å². The van der Waals surface area contributed by atoms with Crippen molar-refractivity contribution in [2.75, 3.05) is 25.1 Å². The van der Waals surface area contributed by atoms with Crippen LogP contribution in [0.2, 0.25) is 0 Å². The maximum Gasteiger partial charge on any atom is 0.252 e. The van der Waals surface area contributed by atoms with Gasteiger partial charge in [0, 0.05) is 24.0 Å². The topological polar surface area (TPSA) is 158 Å². The highest BCUT2D eigenvalue weighted by Gasteiger charge is 2.19. The zero-order chi connectivity index (χ0) is 29.5. The lowest BCUT2D eigenvalue weighted by atomic mass is 10.0. The van der Waals surface area contributed by atoms with Crippen LogP contribution >= 0.6 is 0 Å². The second kappa shape index (κ2) is 13.3. The van der Waals surface area contributed by atoms with Crippen LogP contribution in [0.1, 0.15) is 40.0 Å². The van der Waals surface area contributed by atoms with Crippen LogP contribution < -0.4 is 21.1 Å². The minimum atomic E-state index is -0.613. The van der Waals surface area contributed by atoms with Gasteiger partial charge in [0.2, 0.25) is 0 Å². The Morgan fingerprint density at radius 2 is 1.83 bits per heavy atom. The van der Waals surface area contributed by atoms with Crippen LogP contribution in [0.15, 0.2) is 79.0 Å². The van der Waals surface area contributed by atoms with E-state index in [2.05, 4.69) is 38.6 Å². The summed E-state index contributed by atoms with van der Waals surface area (Å²) < 4.78 is 5.45. The van der Waals surface area contributed by atoms with E-state index in [1.165, 1.54) is 6.20 Å². The highest BCUT2D eigenvalue weighted by Crippen LogP contribution is 2.33. The standard InChI is InChI=1S/C32H34N6O4/c1-2-24-22(17-34-27(19-40)20-7-4-3-5-8-20)9-6-10-26(24)36-28-25(30(33)41)18-35-32-29(28)37-31(38-32)21-11-13-23(14-12-21)42-16-15-39/h3-14,18,27,34,39-40H,2,15-17,19H2,1H3,(H2,33,41)(H2,35,36,37,38)/t27-/m1/s1. The second-order valence-corrected chi connectivity index (χ2v) is 9.74. The molecule has 42 heavy (non-hydrogen) atoms. The number of aromatic amines is 1. The van der Waals surface area contributed by atoms with Crippen LogP contribution in [-0.2, 0) is 13.0 Å². The fourth-order valence-corrected chi connectivity index (χ4v) is 4.96. The number of nitrogens with one attached hydrogen (secondary N) is 3. The number of hydrogen-bond donors (Lipinski definition) is 6. The molecule has 10 nitrogen and oxygen atoms in total. The maximum absolute atomic E-state index is 12.5. The van der Waals surface area contributed by atoms with Gasteiger partial charge in [0.25, 0.3) is 5.91 Å². The molecule has 2 heterocycles. The average Bonchev–Trinajstić information content (AvgIpc) is 3.46. The Hall–Kier alpha value is -4.77. The number of H-pyrrole nitrogens is 1. The number of carbonyl (C=O) groups excluding carboxylic acids is 1. The molecule has 1 amide bonds. The first-order valence-corrected chi connectivity index (χ1v) is 13.8. The van der Waals surface area contributed by atoms with Gasteiger partial charge in [-0.1, -0.05) is 49.4 Å². The zero-order valence-electron chi connectivity index (χ0n) is 23.3. The Kier molecular flexibility index (Phi) is 9.08. The summed E-state index contributed by atoms with van der Waals surface area (Å²) in [6.45, 7) is 2.74. The number of aliphatic hydroxyl groups excluding tert-OH is 2. The van der Waals surface area contributed by atoms with Gasteiger partial charge in [-0.25, -0.2) is 9.97 Å². The predicted molar refractivity (Wildman–Crippen MR) is 163 cm³/mol. The molecule has 5 rings (SSSR count). The van der Waals surface area contributed by atoms with Gasteiger partial charge in [-0.15, -0.1) is 0 Å². The molecule has 3 aromatic carbocycles. The number of benzene rings is 3. The number of rotatable bonds is 13. The molecule has 1 atom stereocenters. The molecule has 0 aliphatic rings. The van der Waals surface area contributed by atoms with Crippen molar-refractivity contribution in [3.8, 4) is 17.1 Å². The van der Waals surface area contributed by atoms with E-state index < -0.39 is 5.91 Å². The third-order valence-corrected chi connectivity index (χ3v) is 7.08. The molecule has 0 aliphatic carbocycles. The zero-order valence-corrected chi connectivity index (χ0v) is 23.3. The number of hydrogen-bond acceptors (Lipinski definition) is 8. The number of anilines is 2. The fraction of sp³-hybridized carbons (Fsp3) is 0.219. The Labute approximate surface area is 243 Å². The van der Waals surface area contributed by atoms with Gasteiger partial charge >= 0.3 is 0 Å². The van der Waals surface area contributed by atoms with Crippen LogP contribution in [0.25, 0.3) is 22.6 Å². The molecule has 5 aromatic rings. The molecule has 10 heteroatoms. The number of ether oxygens (including phenoxy) is 1. The smallest absolute Gasteiger partial charge is 0.252 e. The van der Waals surface area contributed by atoms with Crippen molar-refractivity contribution in [3.63, 3.8) is 0 Å². The van der Waals surface area contributed by atoms with Crippen LogP contribution in [-0.4, -0.2) is 50.9 Å². The van der Waals surface area contributed by atoms with Crippen LogP contribution in [0.5, 0.6) is 5.75 Å². The summed E-state index contributed by atoms with van der Waals surface area (Å²) in [6, 6.07) is 22.9. The van der Waals surface area contributed by atoms with Crippen LogP contribution in [0.4, 0.5) is 11.4 Å². The predicted octanol–water partition coefficient (Wildman–Crippen LogP) is 4.22. The summed E-state index contributed by atoms with van der Waals surface area (Å²) in [4.78, 5) is 24.8. The van der Waals surface area contributed by atoms with E-state index in [-0.39, 0.29) is 31.4 Å². The van der Waals surface area contributed by atoms with Gasteiger partial charge < -0.3 is 36.3 Å². The molecular weight excluding hydrogens is 532 g/mol. The SMILES string of the molecule is CCc1c(CN[C@H](CO)c2ccccc2)cccc1Nc1c(C(N)=O)cnc2nc(-c3ccc(OCCO)cc3)[nH]c12. The van der Waals surface area contributed by atoms with Crippen molar-refractivity contribution >= 4 is 28.4 Å². The minimum absolute atomic E-state index is 0.0268. The fourth-order valence-electron chi connectivity index (χ4n) is 4.96. The summed E-state index contributed by atoms with van der Waals surface area (Å²) >= 11 is 0. The van der Waals surface area contributed by atoms with E-state index in [1.54, 1.807) is 12.1 Å². The first-order valence-electron chi connectivity index (χ1n) is 13.8. The molecule has 0 saturated carbocycles. The molecule has 0 saturated heterocycles. The molecule has 0 aliphatic heterocycles. The second-order valence-electron chi connectivity index (χ2n) is 9.74. The summed E-state index contributed by atoms with van der Waals surface area (Å²) in [5, 5.41) is 25.9. The number of primary amides is 1. The first kappa shape index (κ1) is 28.7. The van der Waals surface area contributed by atoms with Gasteiger partial charge in [0.05, 0.1) is 30.5 Å². The van der Waals surface area contributed by atoms with Crippen molar-refractivity contribution in [2.45, 2.75) is 25.9 Å². The number of imidazole rings is 1. The number of nitrogens with two attached hydrogens (primary N) is 1. The van der Waals surface area contributed by atoms with E-state index in [0.717, 1.165) is 34.4 Å². The Morgan fingerprint density at radius 1 is 1.05 bits per heavy atom. The molecule has 0 unspecified atom stereocenters. The summed E-state index contributed by atoms with van der Waals surface area (Å²) in [5.74, 6) is 0.592. The van der Waals surface area contributed by atoms with Crippen molar-refractivity contribution in [1.82, 2.24) is 20.3 Å². The van der Waals surface area contributed by atoms with Crippen molar-refractivity contribution < 1.29 is 19.7 Å². The number of aliphatic hydroxyl groups is 2. The summed E-state index contributed by atoms with van der Waals surface area (Å²) in [5.41, 5.74) is 12.3.